The van der Waals surface area contributed by atoms with E-state index in [4.69, 9.17) is 0 Å². The van der Waals surface area contributed by atoms with Gasteiger partial charge in [0.2, 0.25) is 0 Å². The normalized spacial score (nSPS) is 13.7. The Hall–Kier alpha value is -12.2. The number of benzene rings is 6. The molecule has 0 unspecified atom stereocenters. The smallest absolute Gasteiger partial charge is 0.396 e. The van der Waals surface area contributed by atoms with Crippen LogP contribution in [0.1, 0.15) is 67.0 Å². The van der Waals surface area contributed by atoms with Gasteiger partial charge in [0.1, 0.15) is 42.3 Å². The zero-order chi connectivity index (χ0) is 84.3. The largest absolute Gasteiger partial charge is 0.411 e. The molecule has 0 saturated carbocycles. The highest BCUT2D eigenvalue weighted by atomic mass is 15.1. The van der Waals surface area contributed by atoms with Crippen LogP contribution in [0.2, 0.25) is 0 Å². The van der Waals surface area contributed by atoms with Gasteiger partial charge >= 0.3 is 41.1 Å². The van der Waals surface area contributed by atoms with Crippen molar-refractivity contribution in [2.45, 2.75) is 67.7 Å². The van der Waals surface area contributed by atoms with Crippen molar-refractivity contribution in [1.29, 1.82) is 0 Å². The molecule has 18 rings (SSSR count). The fourth-order valence-corrected chi connectivity index (χ4v) is 16.9. The Labute approximate surface area is 709 Å². The third-order valence-electron chi connectivity index (χ3n) is 23.8. The van der Waals surface area contributed by atoms with Gasteiger partial charge in [0.25, 0.3) is 0 Å². The number of pyridine rings is 6. The maximum absolute atomic E-state index is 2.36. The molecule has 0 fully saturated rings. The lowest BCUT2D eigenvalue weighted by Gasteiger charge is -2.22. The Morgan fingerprint density at radius 3 is 0.924 bits per heavy atom. The molecule has 0 aliphatic carbocycles. The fraction of sp³-hybridized carbons (Fsp3) is 0.228. The van der Waals surface area contributed by atoms with E-state index in [2.05, 4.69) is 525 Å². The van der Waals surface area contributed by atoms with E-state index >= 15 is 0 Å². The topological polar surface area (TPSA) is 42.7 Å². The predicted molar refractivity (Wildman–Crippen MR) is 504 cm³/mol. The summed E-state index contributed by atoms with van der Waals surface area (Å²) in [4.78, 5) is 13.7. The van der Waals surface area contributed by atoms with E-state index in [9.17, 15) is 0 Å². The molecule has 12 nitrogen and oxygen atoms in total. The monoisotopic (exact) mass is 1570 g/mol. The Bertz CT molecular complexity index is 6560. The summed E-state index contributed by atoms with van der Waals surface area (Å²) in [6.07, 6.45) is 27.5. The van der Waals surface area contributed by atoms with Gasteiger partial charge in [-0.15, -0.1) is 0 Å². The average molecular weight is 1570 g/mol. The number of rotatable bonds is 9. The second-order valence-corrected chi connectivity index (χ2v) is 33.9. The Morgan fingerprint density at radius 1 is 0.261 bits per heavy atom. The van der Waals surface area contributed by atoms with Crippen LogP contribution in [0.15, 0.2) is 256 Å². The van der Waals surface area contributed by atoms with Gasteiger partial charge in [-0.05, 0) is 229 Å². The summed E-state index contributed by atoms with van der Waals surface area (Å²) in [7, 11) is 25.6. The average Bonchev–Trinajstić information content (AvgIpc) is 0.801. The van der Waals surface area contributed by atoms with Gasteiger partial charge in [0, 0.05) is 59.7 Å². The van der Waals surface area contributed by atoms with Crippen molar-refractivity contribution in [2.24, 2.45) is 48.2 Å². The number of hydrogen-bond acceptors (Lipinski definition) is 6. The quantitative estimate of drug-likeness (QED) is 0.151. The third-order valence-corrected chi connectivity index (χ3v) is 23.8. The summed E-state index contributed by atoms with van der Waals surface area (Å²) in [5.41, 5.74) is 16.0. The molecule has 0 N–H and O–H groups in total. The fourth-order valence-electron chi connectivity index (χ4n) is 16.9. The molecule has 0 saturated heterocycles. The second kappa shape index (κ2) is 38.1. The van der Waals surface area contributed by atoms with E-state index in [0.29, 0.717) is 32.4 Å². The molecule has 6 aromatic heterocycles. The first-order chi connectivity index (χ1) is 57.2. The SMILES string of the molecule is CC(C)Cc1cc[n+](C)c(B2C=c3ccccc3=CN2C)c1.CC(C)c1cc[n+](C)c(B2C=c3ccccc3=CN2C)c1.CN1C=c2ccccc2=CB1c1cccc[n+]1C.Cc1cc(B2C=c3ccccc3=CN2C)[n+](C)cc1C.Cc1cc[n+](C)c(B2C=c3ccccc3=CN2C)c1.Cc1ccc(B2C=c3ccccc3=CN2C)[n+](C)c1. The van der Waals surface area contributed by atoms with Gasteiger partial charge in [-0.1, -0.05) is 215 Å². The molecule has 18 heteroatoms. The Kier molecular flexibility index (Phi) is 27.1. The second-order valence-electron chi connectivity index (χ2n) is 33.9. The van der Waals surface area contributed by atoms with Crippen LogP contribution in [0, 0.1) is 33.6 Å². The van der Waals surface area contributed by atoms with Gasteiger partial charge in [-0.3, -0.25) is 0 Å². The maximum Gasteiger partial charge on any atom is 0.396 e. The zero-order valence-corrected chi connectivity index (χ0v) is 73.9. The van der Waals surface area contributed by atoms with Crippen molar-refractivity contribution in [3.8, 4) is 0 Å². The van der Waals surface area contributed by atoms with Crippen LogP contribution in [0.25, 0.3) is 73.1 Å². The van der Waals surface area contributed by atoms with Gasteiger partial charge in [0.05, 0.1) is 0 Å². The minimum Gasteiger partial charge on any atom is -0.411 e. The predicted octanol–water partition coefficient (Wildman–Crippen LogP) is 0.0330. The number of aryl methyl sites for hydroxylation is 10. The van der Waals surface area contributed by atoms with Crippen molar-refractivity contribution < 1.29 is 27.4 Å². The number of fused-ring (bicyclic) bond motifs is 6. The first-order valence-corrected chi connectivity index (χ1v) is 42.1. The van der Waals surface area contributed by atoms with Crippen LogP contribution in [0.3, 0.4) is 0 Å². The summed E-state index contributed by atoms with van der Waals surface area (Å²) in [6.45, 7) is 19.4. The zero-order valence-electron chi connectivity index (χ0n) is 73.9. The number of nitrogens with zero attached hydrogens (tertiary/aromatic N) is 12. The van der Waals surface area contributed by atoms with Crippen LogP contribution < -0.4 is 124 Å². The number of aromatic nitrogens is 6. The van der Waals surface area contributed by atoms with Crippen molar-refractivity contribution >= 4 is 148 Å². The van der Waals surface area contributed by atoms with Crippen LogP contribution >= 0.6 is 0 Å². The highest BCUT2D eigenvalue weighted by Crippen LogP contribution is 2.13. The van der Waals surface area contributed by atoms with E-state index in [-0.39, 0.29) is 20.5 Å². The highest BCUT2D eigenvalue weighted by Gasteiger charge is 2.35. The molecule has 12 heterocycles. The standard InChI is InChI=1S/C19H24BN2.C18H22BN2.C17H20BN2.2C16H18BN2.C15H16BN2/c1-15(2)11-16-9-10-21(3)19(12-16)20-13-17-7-5-6-8-18(17)14-22(20)4;1-14(2)15-9-10-20(3)18(11-15)19-12-16-7-5-6-8-17(16)13-21(19)4;1-13-9-17(19(3)11-14(13)2)18-10-15-7-5-6-8-16(15)12-20(18)4;1-13-8-9-16(18(2)11-13)17-10-14-6-4-5-7-15(14)12-19(17)3;1-13-8-9-18(2)16(10-13)17-11-14-6-4-5-7-15(14)12-19(17)3;1-17-10-6-5-9-15(17)16-11-13-7-3-4-8-14(13)12-18(16)2/h5-10,12-15H,11H2,1-4H3;5-14H,1-4H3;5-12H,1-4H3;2*4-12H,1-3H3;3-12H,1-2H3/q6*+1. The van der Waals surface area contributed by atoms with E-state index in [1.807, 2.05) is 0 Å². The first-order valence-electron chi connectivity index (χ1n) is 42.1. The third kappa shape index (κ3) is 20.3. The van der Waals surface area contributed by atoms with Crippen molar-refractivity contribution in [2.75, 3.05) is 42.3 Å². The minimum atomic E-state index is 0.281. The van der Waals surface area contributed by atoms with Gasteiger partial charge in [-0.2, -0.15) is 0 Å². The van der Waals surface area contributed by atoms with Gasteiger partial charge < -0.3 is 28.9 Å². The molecule has 594 valence electrons. The summed E-state index contributed by atoms with van der Waals surface area (Å²) in [5.74, 6) is 15.3. The molecule has 0 radical (unpaired) electrons. The molecule has 119 heavy (non-hydrogen) atoms. The van der Waals surface area contributed by atoms with Crippen LogP contribution in [-0.2, 0) is 48.7 Å². The molecule has 0 amide bonds. The van der Waals surface area contributed by atoms with Crippen molar-refractivity contribution in [3.05, 3.63) is 352 Å². The van der Waals surface area contributed by atoms with E-state index in [1.165, 1.54) is 130 Å². The molecular weight excluding hydrogens is 1450 g/mol. The summed E-state index contributed by atoms with van der Waals surface area (Å²) in [5, 5.41) is 15.6. The lowest BCUT2D eigenvalue weighted by Crippen LogP contribution is -2.61. The number of hydrogen-bond donors (Lipinski definition) is 0. The Morgan fingerprint density at radius 2 is 0.563 bits per heavy atom. The molecule has 0 bridgehead atoms. The van der Waals surface area contributed by atoms with E-state index in [0.717, 1.165) is 6.42 Å². The maximum atomic E-state index is 2.36. The van der Waals surface area contributed by atoms with E-state index < -0.39 is 0 Å². The first kappa shape index (κ1) is 84.8. The lowest BCUT2D eigenvalue weighted by atomic mass is 9.55. The van der Waals surface area contributed by atoms with Gasteiger partial charge in [-0.25, -0.2) is 27.4 Å². The molecular formula is C101H118B6N12+6. The molecule has 6 aliphatic rings. The van der Waals surface area contributed by atoms with Gasteiger partial charge in [0.15, 0.2) is 70.7 Å². The van der Waals surface area contributed by atoms with E-state index in [1.54, 1.807) is 0 Å². The van der Waals surface area contributed by atoms with Crippen molar-refractivity contribution in [1.82, 2.24) is 28.9 Å². The summed E-state index contributed by atoms with van der Waals surface area (Å²) < 4.78 is 13.3. The lowest BCUT2D eigenvalue weighted by molar-refractivity contribution is -0.654. The Balaban J connectivity index is 0.000000124. The minimum absolute atomic E-state index is 0.281. The molecule has 0 spiro atoms. The van der Waals surface area contributed by atoms with Crippen LogP contribution in [-0.4, -0.2) is 112 Å². The molecule has 12 aromatic rings. The van der Waals surface area contributed by atoms with Crippen LogP contribution in [0.5, 0.6) is 0 Å². The summed E-state index contributed by atoms with van der Waals surface area (Å²) in [6, 6.07) is 77.8. The molecule has 6 aromatic carbocycles. The summed E-state index contributed by atoms with van der Waals surface area (Å²) >= 11 is 0. The van der Waals surface area contributed by atoms with Crippen LogP contribution in [0.4, 0.5) is 0 Å². The highest BCUT2D eigenvalue weighted by molar-refractivity contribution is 6.85. The molecule has 6 aliphatic heterocycles. The van der Waals surface area contributed by atoms with Crippen molar-refractivity contribution in [3.63, 3.8) is 0 Å². The molecule has 0 atom stereocenters.